The van der Waals surface area contributed by atoms with E-state index >= 15 is 0 Å². The van der Waals surface area contributed by atoms with Crippen LogP contribution in [0.4, 0.5) is 0 Å². The van der Waals surface area contributed by atoms with Crippen molar-refractivity contribution in [2.75, 3.05) is 13.1 Å². The van der Waals surface area contributed by atoms with Crippen molar-refractivity contribution < 1.29 is 22.7 Å². The Hall–Kier alpha value is -2.12. The number of furan rings is 1. The number of carboxylic acid groups (broad SMARTS) is 1. The molecule has 1 aliphatic heterocycles. The van der Waals surface area contributed by atoms with E-state index in [1.54, 1.807) is 0 Å². The van der Waals surface area contributed by atoms with Gasteiger partial charge in [0.05, 0.1) is 0 Å². The number of carbonyl (C=O) groups is 1. The summed E-state index contributed by atoms with van der Waals surface area (Å²) in [7, 11) is -3.89. The molecule has 0 atom stereocenters. The second-order valence-corrected chi connectivity index (χ2v) is 8.19. The minimum absolute atomic E-state index is 0.114. The Morgan fingerprint density at radius 3 is 2.28 bits per heavy atom. The summed E-state index contributed by atoms with van der Waals surface area (Å²) in [6.07, 6.45) is 1.42. The van der Waals surface area contributed by atoms with E-state index in [1.807, 2.05) is 18.2 Å². The van der Waals surface area contributed by atoms with Crippen LogP contribution >= 0.6 is 0 Å². The summed E-state index contributed by atoms with van der Waals surface area (Å²) in [4.78, 5) is 11.3. The first-order valence-electron chi connectivity index (χ1n) is 8.20. The molecule has 6 nitrogen and oxygen atoms in total. The van der Waals surface area contributed by atoms with Gasteiger partial charge in [0, 0.05) is 13.1 Å². The minimum Gasteiger partial charge on any atom is -0.478 e. The quantitative estimate of drug-likeness (QED) is 0.901. The van der Waals surface area contributed by atoms with Crippen molar-refractivity contribution in [2.45, 2.75) is 37.5 Å². The fourth-order valence-corrected chi connectivity index (χ4v) is 5.35. The third-order valence-corrected chi connectivity index (χ3v) is 6.79. The number of nitrogens with zero attached hydrogens (tertiary/aromatic N) is 1. The number of sulfonamides is 1. The molecule has 2 aromatic rings. The third-order valence-electron chi connectivity index (χ3n) is 4.74. The van der Waals surface area contributed by atoms with Crippen molar-refractivity contribution in [1.82, 2.24) is 4.31 Å². The van der Waals surface area contributed by atoms with Crippen LogP contribution in [-0.4, -0.2) is 36.9 Å². The van der Waals surface area contributed by atoms with Crippen molar-refractivity contribution in [1.29, 1.82) is 0 Å². The van der Waals surface area contributed by atoms with Gasteiger partial charge in [-0.15, -0.1) is 0 Å². The molecule has 2 heterocycles. The third kappa shape index (κ3) is 3.21. The molecule has 0 amide bonds. The van der Waals surface area contributed by atoms with Crippen LogP contribution in [0.15, 0.2) is 39.6 Å². The lowest BCUT2D eigenvalue weighted by Crippen LogP contribution is -2.38. The van der Waals surface area contributed by atoms with Gasteiger partial charge in [0.25, 0.3) is 0 Å². The molecule has 0 bridgehead atoms. The first kappa shape index (κ1) is 17.7. The van der Waals surface area contributed by atoms with E-state index in [9.17, 15) is 18.3 Å². The molecule has 1 aromatic heterocycles. The number of aromatic carboxylic acids is 1. The maximum absolute atomic E-state index is 13.0. The van der Waals surface area contributed by atoms with Gasteiger partial charge in [-0.2, -0.15) is 4.31 Å². The molecule has 3 rings (SSSR count). The van der Waals surface area contributed by atoms with Crippen LogP contribution in [0.5, 0.6) is 0 Å². The van der Waals surface area contributed by atoms with Gasteiger partial charge < -0.3 is 9.52 Å². The maximum atomic E-state index is 13.0. The average molecular weight is 363 g/mol. The van der Waals surface area contributed by atoms with Crippen LogP contribution in [0.3, 0.4) is 0 Å². The average Bonchev–Trinajstić information content (AvgIpc) is 2.91. The molecule has 134 valence electrons. The van der Waals surface area contributed by atoms with Gasteiger partial charge in [-0.3, -0.25) is 0 Å². The SMILES string of the molecule is Cc1oc(C)c(S(=O)(=O)N2CCC(c3ccccc3)CC2)c1C(=O)O. The fourth-order valence-electron chi connectivity index (χ4n) is 3.51. The minimum atomic E-state index is -3.89. The van der Waals surface area contributed by atoms with Crippen LogP contribution in [0, 0.1) is 13.8 Å². The molecule has 1 aliphatic rings. The molecule has 7 heteroatoms. The van der Waals surface area contributed by atoms with Gasteiger partial charge >= 0.3 is 5.97 Å². The van der Waals surface area contributed by atoms with Gasteiger partial charge in [-0.1, -0.05) is 30.3 Å². The highest BCUT2D eigenvalue weighted by Gasteiger charge is 2.37. The molecule has 25 heavy (non-hydrogen) atoms. The predicted molar refractivity (Wildman–Crippen MR) is 92.3 cm³/mol. The number of benzene rings is 1. The zero-order valence-electron chi connectivity index (χ0n) is 14.2. The molecule has 0 unspecified atom stereocenters. The largest absolute Gasteiger partial charge is 0.478 e. The smallest absolute Gasteiger partial charge is 0.340 e. The number of hydrogen-bond acceptors (Lipinski definition) is 4. The lowest BCUT2D eigenvalue weighted by molar-refractivity contribution is 0.0691. The summed E-state index contributed by atoms with van der Waals surface area (Å²) < 4.78 is 32.6. The van der Waals surface area contributed by atoms with Crippen LogP contribution in [-0.2, 0) is 10.0 Å². The fraction of sp³-hybridized carbons (Fsp3) is 0.389. The molecule has 1 saturated heterocycles. The first-order chi connectivity index (χ1) is 11.8. The Morgan fingerprint density at radius 1 is 1.12 bits per heavy atom. The number of rotatable bonds is 4. The summed E-state index contributed by atoms with van der Waals surface area (Å²) in [5.74, 6) is -0.728. The monoisotopic (exact) mass is 363 g/mol. The van der Waals surface area contributed by atoms with Crippen LogP contribution < -0.4 is 0 Å². The highest BCUT2D eigenvalue weighted by molar-refractivity contribution is 7.89. The Labute approximate surface area is 147 Å². The molecular weight excluding hydrogens is 342 g/mol. The van der Waals surface area contributed by atoms with E-state index in [4.69, 9.17) is 4.42 Å². The van der Waals surface area contributed by atoms with Gasteiger partial charge in [-0.25, -0.2) is 13.2 Å². The molecule has 1 fully saturated rings. The van der Waals surface area contributed by atoms with Crippen LogP contribution in [0.1, 0.15) is 46.2 Å². The van der Waals surface area contributed by atoms with Crippen LogP contribution in [0.2, 0.25) is 0 Å². The first-order valence-corrected chi connectivity index (χ1v) is 9.64. The van der Waals surface area contributed by atoms with E-state index in [0.29, 0.717) is 31.8 Å². The molecular formula is C18H21NO5S. The van der Waals surface area contributed by atoms with Crippen molar-refractivity contribution in [2.24, 2.45) is 0 Å². The Kier molecular flexibility index (Phi) is 4.71. The Balaban J connectivity index is 1.85. The Bertz CT molecular complexity index is 878. The highest BCUT2D eigenvalue weighted by atomic mass is 32.2. The summed E-state index contributed by atoms with van der Waals surface area (Å²) >= 11 is 0. The second-order valence-electron chi connectivity index (χ2n) is 6.31. The zero-order valence-corrected chi connectivity index (χ0v) is 15.0. The number of hydrogen-bond donors (Lipinski definition) is 1. The van der Waals surface area contributed by atoms with E-state index in [-0.39, 0.29) is 22.0 Å². The van der Waals surface area contributed by atoms with Crippen molar-refractivity contribution >= 4 is 16.0 Å². The highest BCUT2D eigenvalue weighted by Crippen LogP contribution is 2.34. The standard InChI is InChI=1S/C18H21NO5S/c1-12-16(18(20)21)17(13(2)24-12)25(22,23)19-10-8-15(9-11-19)14-6-4-3-5-7-14/h3-7,15H,8-11H2,1-2H3,(H,20,21). The summed E-state index contributed by atoms with van der Waals surface area (Å²) in [6.45, 7) is 3.69. The van der Waals surface area contributed by atoms with Crippen molar-refractivity contribution in [3.63, 3.8) is 0 Å². The summed E-state index contributed by atoms with van der Waals surface area (Å²) in [5, 5.41) is 9.37. The molecule has 0 aliphatic carbocycles. The predicted octanol–water partition coefficient (Wildman–Crippen LogP) is 3.16. The molecule has 0 radical (unpaired) electrons. The van der Waals surface area contributed by atoms with E-state index in [1.165, 1.54) is 23.7 Å². The van der Waals surface area contributed by atoms with E-state index in [2.05, 4.69) is 12.1 Å². The summed E-state index contributed by atoms with van der Waals surface area (Å²) in [5.41, 5.74) is 0.948. The number of carboxylic acids is 1. The van der Waals surface area contributed by atoms with Gasteiger partial charge in [0.2, 0.25) is 10.0 Å². The van der Waals surface area contributed by atoms with Crippen LogP contribution in [0.25, 0.3) is 0 Å². The lowest BCUT2D eigenvalue weighted by Gasteiger charge is -2.31. The second kappa shape index (κ2) is 6.65. The lowest BCUT2D eigenvalue weighted by atomic mass is 9.90. The van der Waals surface area contributed by atoms with E-state index < -0.39 is 16.0 Å². The molecule has 0 saturated carbocycles. The van der Waals surface area contributed by atoms with Gasteiger partial charge in [0.1, 0.15) is 22.0 Å². The maximum Gasteiger partial charge on any atom is 0.340 e. The van der Waals surface area contributed by atoms with Gasteiger partial charge in [-0.05, 0) is 38.2 Å². The number of piperidine rings is 1. The summed E-state index contributed by atoms with van der Waals surface area (Å²) in [6, 6.07) is 10.0. The Morgan fingerprint density at radius 2 is 1.72 bits per heavy atom. The molecule has 0 spiro atoms. The topological polar surface area (TPSA) is 87.8 Å². The molecule has 1 aromatic carbocycles. The zero-order chi connectivity index (χ0) is 18.2. The molecule has 1 N–H and O–H groups in total. The normalized spacial score (nSPS) is 16.9. The van der Waals surface area contributed by atoms with Crippen molar-refractivity contribution in [3.8, 4) is 0 Å². The van der Waals surface area contributed by atoms with Gasteiger partial charge in [0.15, 0.2) is 0 Å². The number of aryl methyl sites for hydroxylation is 2. The van der Waals surface area contributed by atoms with E-state index in [0.717, 1.165) is 0 Å². The van der Waals surface area contributed by atoms with Crippen molar-refractivity contribution in [3.05, 3.63) is 53.0 Å².